The molecule has 0 aromatic heterocycles. The molecule has 0 amide bonds. The number of hydrazone groups is 1. The van der Waals surface area contributed by atoms with Crippen molar-refractivity contribution in [3.8, 4) is 5.75 Å². The minimum absolute atomic E-state index is 0.0847. The van der Waals surface area contributed by atoms with Gasteiger partial charge in [-0.1, -0.05) is 0 Å². The molecule has 0 bridgehead atoms. The third-order valence-corrected chi connectivity index (χ3v) is 2.02. The molecule has 96 valence electrons. The van der Waals surface area contributed by atoms with Crippen LogP contribution in [-0.4, -0.2) is 28.5 Å². The van der Waals surface area contributed by atoms with Gasteiger partial charge in [-0.2, -0.15) is 5.10 Å². The number of nitrogens with one attached hydrogen (secondary N) is 1. The summed E-state index contributed by atoms with van der Waals surface area (Å²) >= 11 is 4.58. The van der Waals surface area contributed by atoms with E-state index in [2.05, 4.69) is 22.7 Å². The van der Waals surface area contributed by atoms with Crippen molar-refractivity contribution in [2.75, 3.05) is 0 Å². The molecule has 1 atom stereocenters. The van der Waals surface area contributed by atoms with Crippen LogP contribution in [0.3, 0.4) is 0 Å². The van der Waals surface area contributed by atoms with E-state index in [0.717, 1.165) is 5.56 Å². The van der Waals surface area contributed by atoms with Crippen molar-refractivity contribution in [1.29, 1.82) is 0 Å². The number of carbonyl (C=O) groups is 1. The lowest BCUT2D eigenvalue weighted by atomic mass is 10.2. The zero-order chi connectivity index (χ0) is 13.5. The van der Waals surface area contributed by atoms with Crippen molar-refractivity contribution in [2.45, 2.75) is 13.0 Å². The Labute approximate surface area is 109 Å². The van der Waals surface area contributed by atoms with Crippen LogP contribution >= 0.6 is 12.2 Å². The van der Waals surface area contributed by atoms with Crippen LogP contribution in [0.25, 0.3) is 0 Å². The fourth-order valence-electron chi connectivity index (χ4n) is 1.06. The predicted octanol–water partition coefficient (Wildman–Crippen LogP) is 0.706. The zero-order valence-electron chi connectivity index (χ0n) is 9.66. The van der Waals surface area contributed by atoms with E-state index >= 15 is 0 Å². The van der Waals surface area contributed by atoms with Crippen LogP contribution in [0, 0.1) is 0 Å². The molecular weight excluding hydrogens is 254 g/mol. The van der Waals surface area contributed by atoms with Gasteiger partial charge in [0.25, 0.3) is 0 Å². The van der Waals surface area contributed by atoms with Gasteiger partial charge in [-0.3, -0.25) is 5.43 Å². The molecule has 0 fully saturated rings. The predicted molar refractivity (Wildman–Crippen MR) is 71.7 cm³/mol. The van der Waals surface area contributed by atoms with Crippen molar-refractivity contribution in [3.05, 3.63) is 29.8 Å². The van der Waals surface area contributed by atoms with Gasteiger partial charge < -0.3 is 15.6 Å². The average Bonchev–Trinajstić information content (AvgIpc) is 2.30. The van der Waals surface area contributed by atoms with Crippen molar-refractivity contribution < 1.29 is 14.6 Å². The number of hydrogen-bond acceptors (Lipinski definition) is 4. The molecule has 1 rings (SSSR count). The summed E-state index contributed by atoms with van der Waals surface area (Å²) in [6.07, 6.45) is 0.643. The summed E-state index contributed by atoms with van der Waals surface area (Å²) in [6, 6.07) is 6.77. The summed E-state index contributed by atoms with van der Waals surface area (Å²) < 4.78 is 5.17. The van der Waals surface area contributed by atoms with Gasteiger partial charge in [0.1, 0.15) is 5.75 Å². The third kappa shape index (κ3) is 4.79. The van der Waals surface area contributed by atoms with Gasteiger partial charge in [0, 0.05) is 0 Å². The molecule has 1 aromatic rings. The van der Waals surface area contributed by atoms with Crippen LogP contribution in [0.2, 0.25) is 0 Å². The molecule has 4 N–H and O–H groups in total. The fraction of sp³-hybridized carbons (Fsp3) is 0.182. The first-order valence-corrected chi connectivity index (χ1v) is 5.48. The lowest BCUT2D eigenvalue weighted by Crippen LogP contribution is -2.24. The number of nitrogens with zero attached hydrogens (tertiary/aromatic N) is 1. The summed E-state index contributed by atoms with van der Waals surface area (Å²) in [6.45, 7) is 1.46. The SMILES string of the molecule is CC(Oc1ccc(/C=N\NC(N)=S)cc1)C(=O)O. The highest BCUT2D eigenvalue weighted by Crippen LogP contribution is 2.13. The summed E-state index contributed by atoms with van der Waals surface area (Å²) in [7, 11) is 0. The normalized spacial score (nSPS) is 12.1. The number of carboxylic acid groups (broad SMARTS) is 1. The van der Waals surface area contributed by atoms with E-state index < -0.39 is 12.1 Å². The number of aliphatic carboxylic acids is 1. The molecule has 0 saturated heterocycles. The van der Waals surface area contributed by atoms with Crippen molar-refractivity contribution in [1.82, 2.24) is 5.43 Å². The zero-order valence-corrected chi connectivity index (χ0v) is 10.5. The quantitative estimate of drug-likeness (QED) is 0.413. The van der Waals surface area contributed by atoms with E-state index in [9.17, 15) is 4.79 Å². The minimum atomic E-state index is -1.01. The molecule has 0 aliphatic carbocycles. The number of rotatable bonds is 5. The van der Waals surface area contributed by atoms with Gasteiger partial charge in [-0.05, 0) is 49.0 Å². The standard InChI is InChI=1S/C11H13N3O3S/c1-7(10(15)16)17-9-4-2-8(3-5-9)6-13-14-11(12)18/h2-7H,1H3,(H,15,16)(H3,12,14,18)/b13-6-. The van der Waals surface area contributed by atoms with E-state index in [4.69, 9.17) is 15.6 Å². The van der Waals surface area contributed by atoms with Crippen molar-refractivity contribution in [3.63, 3.8) is 0 Å². The number of ether oxygens (including phenoxy) is 1. The number of benzene rings is 1. The largest absolute Gasteiger partial charge is 0.479 e. The second-order valence-corrected chi connectivity index (χ2v) is 3.84. The van der Waals surface area contributed by atoms with E-state index in [0.29, 0.717) is 5.75 Å². The van der Waals surface area contributed by atoms with E-state index in [1.165, 1.54) is 13.1 Å². The smallest absolute Gasteiger partial charge is 0.344 e. The Kier molecular flexibility index (Phi) is 5.06. The van der Waals surface area contributed by atoms with Gasteiger partial charge >= 0.3 is 5.97 Å². The highest BCUT2D eigenvalue weighted by molar-refractivity contribution is 7.80. The summed E-state index contributed by atoms with van der Waals surface area (Å²) in [5, 5.41) is 12.6. The van der Waals surface area contributed by atoms with Gasteiger partial charge in [0.15, 0.2) is 11.2 Å². The highest BCUT2D eigenvalue weighted by atomic mass is 32.1. The van der Waals surface area contributed by atoms with E-state index in [1.54, 1.807) is 24.3 Å². The van der Waals surface area contributed by atoms with Gasteiger partial charge in [0.05, 0.1) is 6.21 Å². The maximum atomic E-state index is 10.6. The molecule has 1 aromatic carbocycles. The van der Waals surface area contributed by atoms with E-state index in [1.807, 2.05) is 0 Å². The second kappa shape index (κ2) is 6.55. The van der Waals surface area contributed by atoms with Crippen LogP contribution in [0.1, 0.15) is 12.5 Å². The molecule has 0 aliphatic rings. The average molecular weight is 267 g/mol. The molecule has 0 saturated carbocycles. The van der Waals surface area contributed by atoms with Gasteiger partial charge in [-0.25, -0.2) is 4.79 Å². The lowest BCUT2D eigenvalue weighted by Gasteiger charge is -2.09. The molecule has 7 heteroatoms. The first-order valence-electron chi connectivity index (χ1n) is 5.07. The Morgan fingerprint density at radius 3 is 2.67 bits per heavy atom. The van der Waals surface area contributed by atoms with Crippen LogP contribution < -0.4 is 15.9 Å². The summed E-state index contributed by atoms with van der Waals surface area (Å²) in [5.41, 5.74) is 8.42. The molecule has 0 aliphatic heterocycles. The Bertz CT molecular complexity index is 459. The number of thiocarbonyl (C=S) groups is 1. The molecule has 1 unspecified atom stereocenters. The summed E-state index contributed by atoms with van der Waals surface area (Å²) in [5.74, 6) is -0.536. The first-order chi connectivity index (χ1) is 8.49. The van der Waals surface area contributed by atoms with Crippen molar-refractivity contribution in [2.24, 2.45) is 10.8 Å². The van der Waals surface area contributed by atoms with E-state index in [-0.39, 0.29) is 5.11 Å². The Hall–Kier alpha value is -2.15. The minimum Gasteiger partial charge on any atom is -0.479 e. The second-order valence-electron chi connectivity index (χ2n) is 3.40. The maximum absolute atomic E-state index is 10.6. The molecule has 6 nitrogen and oxygen atoms in total. The third-order valence-electron chi connectivity index (χ3n) is 1.93. The molecular formula is C11H13N3O3S. The van der Waals surface area contributed by atoms with Gasteiger partial charge in [-0.15, -0.1) is 0 Å². The number of hydrogen-bond donors (Lipinski definition) is 3. The lowest BCUT2D eigenvalue weighted by molar-refractivity contribution is -0.144. The monoisotopic (exact) mass is 267 g/mol. The summed E-state index contributed by atoms with van der Waals surface area (Å²) in [4.78, 5) is 10.6. The van der Waals surface area contributed by atoms with Gasteiger partial charge in [0.2, 0.25) is 0 Å². The highest BCUT2D eigenvalue weighted by Gasteiger charge is 2.11. The molecule has 0 heterocycles. The van der Waals surface area contributed by atoms with Crippen LogP contribution in [-0.2, 0) is 4.79 Å². The fourth-order valence-corrected chi connectivity index (χ4v) is 1.11. The molecule has 18 heavy (non-hydrogen) atoms. The molecule has 0 spiro atoms. The number of nitrogens with two attached hydrogens (primary N) is 1. The maximum Gasteiger partial charge on any atom is 0.344 e. The number of carboxylic acids is 1. The molecule has 0 radical (unpaired) electrons. The Morgan fingerprint density at radius 1 is 1.56 bits per heavy atom. The first kappa shape index (κ1) is 13.9. The van der Waals surface area contributed by atoms with Crippen LogP contribution in [0.15, 0.2) is 29.4 Å². The van der Waals surface area contributed by atoms with Crippen LogP contribution in [0.5, 0.6) is 5.75 Å². The Morgan fingerprint density at radius 2 is 2.17 bits per heavy atom. The van der Waals surface area contributed by atoms with Crippen molar-refractivity contribution >= 4 is 29.5 Å². The Balaban J connectivity index is 2.60. The topological polar surface area (TPSA) is 96.9 Å². The van der Waals surface area contributed by atoms with Crippen LogP contribution in [0.4, 0.5) is 0 Å².